The molecule has 0 radical (unpaired) electrons. The summed E-state index contributed by atoms with van der Waals surface area (Å²) in [7, 11) is 0. The van der Waals surface area contributed by atoms with Crippen LogP contribution in [0.15, 0.2) is 36.4 Å². The maximum atomic E-state index is 5.64. The Morgan fingerprint density at radius 2 is 2.00 bits per heavy atom. The summed E-state index contributed by atoms with van der Waals surface area (Å²) >= 11 is 4.99. The van der Waals surface area contributed by atoms with Crippen LogP contribution < -0.4 is 11.1 Å². The van der Waals surface area contributed by atoms with E-state index < -0.39 is 0 Å². The van der Waals surface area contributed by atoms with Gasteiger partial charge in [0.1, 0.15) is 10.8 Å². The van der Waals surface area contributed by atoms with Gasteiger partial charge in [-0.25, -0.2) is 4.98 Å². The number of thiocarbonyl (C=S) groups is 1. The molecule has 0 aliphatic rings. The predicted molar refractivity (Wildman–Crippen MR) is 79.3 cm³/mol. The van der Waals surface area contributed by atoms with Crippen LogP contribution in [0.25, 0.3) is 0 Å². The Labute approximate surface area is 112 Å². The van der Waals surface area contributed by atoms with Crippen molar-refractivity contribution in [2.45, 2.75) is 13.8 Å². The first-order chi connectivity index (χ1) is 8.54. The molecule has 2 rings (SSSR count). The third kappa shape index (κ3) is 3.05. The third-order valence-corrected chi connectivity index (χ3v) is 2.76. The van der Waals surface area contributed by atoms with Crippen LogP contribution in [0.3, 0.4) is 0 Å². The number of hydrogen-bond acceptors (Lipinski definition) is 3. The highest BCUT2D eigenvalue weighted by Gasteiger charge is 2.03. The van der Waals surface area contributed by atoms with Crippen LogP contribution in [0.5, 0.6) is 0 Å². The van der Waals surface area contributed by atoms with Gasteiger partial charge >= 0.3 is 0 Å². The minimum absolute atomic E-state index is 0.382. The van der Waals surface area contributed by atoms with E-state index in [1.54, 1.807) is 0 Å². The van der Waals surface area contributed by atoms with Crippen LogP contribution in [-0.2, 0) is 0 Å². The molecule has 0 bridgehead atoms. The zero-order valence-electron chi connectivity index (χ0n) is 10.4. The Balaban J connectivity index is 2.31. The summed E-state index contributed by atoms with van der Waals surface area (Å²) in [6, 6.07) is 11.8. The monoisotopic (exact) mass is 257 g/mol. The van der Waals surface area contributed by atoms with Crippen molar-refractivity contribution < 1.29 is 0 Å². The summed E-state index contributed by atoms with van der Waals surface area (Å²) < 4.78 is 0. The number of aryl methyl sites for hydroxylation is 2. The van der Waals surface area contributed by atoms with Gasteiger partial charge in [-0.2, -0.15) is 0 Å². The number of anilines is 2. The van der Waals surface area contributed by atoms with Crippen LogP contribution in [0.4, 0.5) is 11.5 Å². The Bertz CT molecular complexity index is 593. The van der Waals surface area contributed by atoms with Gasteiger partial charge in [-0.1, -0.05) is 24.4 Å². The molecule has 1 aromatic carbocycles. The van der Waals surface area contributed by atoms with Crippen LogP contribution in [0.1, 0.15) is 16.8 Å². The average Bonchev–Trinajstić information content (AvgIpc) is 2.28. The van der Waals surface area contributed by atoms with Crippen molar-refractivity contribution in [2.24, 2.45) is 5.73 Å². The first-order valence-electron chi connectivity index (χ1n) is 5.67. The van der Waals surface area contributed by atoms with Crippen LogP contribution in [-0.4, -0.2) is 9.97 Å². The zero-order valence-corrected chi connectivity index (χ0v) is 11.2. The standard InChI is InChI=1S/C14H15N3S/c1-9-4-3-5-12(6-9)17-13-8-11(14(15)18)7-10(2)16-13/h3-8H,1-2H3,(H2,15,18)(H,16,17). The van der Waals surface area contributed by atoms with Crippen LogP contribution >= 0.6 is 12.2 Å². The highest BCUT2D eigenvalue weighted by Crippen LogP contribution is 2.17. The molecule has 1 aromatic heterocycles. The van der Waals surface area contributed by atoms with E-state index in [9.17, 15) is 0 Å². The lowest BCUT2D eigenvalue weighted by molar-refractivity contribution is 1.19. The topological polar surface area (TPSA) is 50.9 Å². The van der Waals surface area contributed by atoms with E-state index in [4.69, 9.17) is 18.0 Å². The number of nitrogens with two attached hydrogens (primary N) is 1. The van der Waals surface area contributed by atoms with Crippen molar-refractivity contribution in [3.63, 3.8) is 0 Å². The van der Waals surface area contributed by atoms with E-state index in [2.05, 4.69) is 29.4 Å². The van der Waals surface area contributed by atoms with Gasteiger partial charge in [0.25, 0.3) is 0 Å². The van der Waals surface area contributed by atoms with Crippen molar-refractivity contribution in [3.8, 4) is 0 Å². The SMILES string of the molecule is Cc1cccc(Nc2cc(C(N)=S)cc(C)n2)c1. The first-order valence-corrected chi connectivity index (χ1v) is 6.07. The normalized spacial score (nSPS) is 10.1. The molecule has 18 heavy (non-hydrogen) atoms. The lowest BCUT2D eigenvalue weighted by Gasteiger charge is -2.09. The maximum absolute atomic E-state index is 5.64. The molecule has 0 aliphatic heterocycles. The predicted octanol–water partition coefficient (Wildman–Crippen LogP) is 3.08. The van der Waals surface area contributed by atoms with Gasteiger partial charge in [0.15, 0.2) is 0 Å². The molecule has 0 amide bonds. The van der Waals surface area contributed by atoms with E-state index in [1.807, 2.05) is 31.2 Å². The number of benzene rings is 1. The fourth-order valence-corrected chi connectivity index (χ4v) is 1.86. The Morgan fingerprint density at radius 1 is 1.22 bits per heavy atom. The lowest BCUT2D eigenvalue weighted by atomic mass is 10.2. The fraction of sp³-hybridized carbons (Fsp3) is 0.143. The average molecular weight is 257 g/mol. The van der Waals surface area contributed by atoms with Gasteiger partial charge in [-0.05, 0) is 43.7 Å². The minimum Gasteiger partial charge on any atom is -0.389 e. The molecule has 0 unspecified atom stereocenters. The second-order valence-corrected chi connectivity index (χ2v) is 4.68. The van der Waals surface area contributed by atoms with Gasteiger partial charge in [-0.15, -0.1) is 0 Å². The Morgan fingerprint density at radius 3 is 2.67 bits per heavy atom. The van der Waals surface area contributed by atoms with Crippen molar-refractivity contribution in [1.82, 2.24) is 4.98 Å². The molecule has 0 saturated carbocycles. The molecule has 0 saturated heterocycles. The number of pyridine rings is 1. The van der Waals surface area contributed by atoms with Gasteiger partial charge < -0.3 is 11.1 Å². The van der Waals surface area contributed by atoms with E-state index in [-0.39, 0.29) is 0 Å². The second-order valence-electron chi connectivity index (χ2n) is 4.24. The highest BCUT2D eigenvalue weighted by molar-refractivity contribution is 7.80. The van der Waals surface area contributed by atoms with E-state index >= 15 is 0 Å². The fourth-order valence-electron chi connectivity index (χ4n) is 1.75. The highest BCUT2D eigenvalue weighted by atomic mass is 32.1. The molecular formula is C14H15N3S. The Kier molecular flexibility index (Phi) is 3.58. The van der Waals surface area contributed by atoms with Gasteiger partial charge in [0.2, 0.25) is 0 Å². The number of nitrogens with one attached hydrogen (secondary N) is 1. The van der Waals surface area contributed by atoms with Gasteiger partial charge in [-0.3, -0.25) is 0 Å². The molecule has 2 aromatic rings. The first kappa shape index (κ1) is 12.5. The summed E-state index contributed by atoms with van der Waals surface area (Å²) in [4.78, 5) is 4.80. The molecule has 0 atom stereocenters. The summed E-state index contributed by atoms with van der Waals surface area (Å²) in [5.41, 5.74) is 9.55. The molecule has 4 heteroatoms. The molecule has 0 fully saturated rings. The van der Waals surface area contributed by atoms with Crippen molar-refractivity contribution >= 4 is 28.7 Å². The molecule has 92 valence electrons. The van der Waals surface area contributed by atoms with Gasteiger partial charge in [0, 0.05) is 16.9 Å². The van der Waals surface area contributed by atoms with Crippen LogP contribution in [0, 0.1) is 13.8 Å². The van der Waals surface area contributed by atoms with E-state index in [0.29, 0.717) is 4.99 Å². The zero-order chi connectivity index (χ0) is 13.1. The molecule has 0 aliphatic carbocycles. The number of nitrogens with zero attached hydrogens (tertiary/aromatic N) is 1. The van der Waals surface area contributed by atoms with Crippen molar-refractivity contribution in [2.75, 3.05) is 5.32 Å². The molecule has 3 N–H and O–H groups in total. The van der Waals surface area contributed by atoms with Crippen LogP contribution in [0.2, 0.25) is 0 Å². The molecular weight excluding hydrogens is 242 g/mol. The summed E-state index contributed by atoms with van der Waals surface area (Å²) in [6.45, 7) is 3.97. The Hall–Kier alpha value is -1.94. The summed E-state index contributed by atoms with van der Waals surface area (Å²) in [5, 5.41) is 3.25. The third-order valence-electron chi connectivity index (χ3n) is 2.53. The largest absolute Gasteiger partial charge is 0.389 e. The van der Waals surface area contributed by atoms with Gasteiger partial charge in [0.05, 0.1) is 0 Å². The quantitative estimate of drug-likeness (QED) is 0.830. The number of aromatic nitrogens is 1. The number of rotatable bonds is 3. The maximum Gasteiger partial charge on any atom is 0.131 e. The lowest BCUT2D eigenvalue weighted by Crippen LogP contribution is -2.10. The van der Waals surface area contributed by atoms with E-state index in [1.165, 1.54) is 5.56 Å². The van der Waals surface area contributed by atoms with Crippen molar-refractivity contribution in [3.05, 3.63) is 53.2 Å². The summed E-state index contributed by atoms with van der Waals surface area (Å²) in [5.74, 6) is 0.753. The number of hydrogen-bond donors (Lipinski definition) is 2. The summed E-state index contributed by atoms with van der Waals surface area (Å²) in [6.07, 6.45) is 0. The van der Waals surface area contributed by atoms with Crippen molar-refractivity contribution in [1.29, 1.82) is 0 Å². The molecule has 3 nitrogen and oxygen atoms in total. The smallest absolute Gasteiger partial charge is 0.131 e. The molecule has 1 heterocycles. The molecule has 0 spiro atoms. The second kappa shape index (κ2) is 5.14. The minimum atomic E-state index is 0.382. The van der Waals surface area contributed by atoms with E-state index in [0.717, 1.165) is 22.8 Å².